The number of likely N-dealkylation sites (N-methyl/N-ethyl adjacent to an activating group) is 1. The van der Waals surface area contributed by atoms with E-state index in [0.29, 0.717) is 19.5 Å². The first-order valence-electron chi connectivity index (χ1n) is 11.5. The molecule has 2 saturated heterocycles. The predicted molar refractivity (Wildman–Crippen MR) is 121 cm³/mol. The lowest BCUT2D eigenvalue weighted by Gasteiger charge is -2.45. The second kappa shape index (κ2) is 8.01. The Morgan fingerprint density at radius 2 is 1.88 bits per heavy atom. The van der Waals surface area contributed by atoms with E-state index in [2.05, 4.69) is 22.0 Å². The van der Waals surface area contributed by atoms with Crippen LogP contribution in [0.3, 0.4) is 0 Å². The lowest BCUT2D eigenvalue weighted by atomic mass is 9.80. The second-order valence-corrected chi connectivity index (χ2v) is 9.76. The number of hydroxylamine groups is 1. The van der Waals surface area contributed by atoms with E-state index >= 15 is 0 Å². The van der Waals surface area contributed by atoms with Gasteiger partial charge in [-0.05, 0) is 50.8 Å². The molecule has 3 heterocycles. The maximum Gasteiger partial charge on any atom is 0.248 e. The van der Waals surface area contributed by atoms with Gasteiger partial charge in [0.1, 0.15) is 6.04 Å². The summed E-state index contributed by atoms with van der Waals surface area (Å²) in [6.45, 7) is 5.52. The van der Waals surface area contributed by atoms with Crippen molar-refractivity contribution < 1.29 is 14.8 Å². The number of hydrogen-bond donors (Lipinski definition) is 2. The highest BCUT2D eigenvalue weighted by molar-refractivity contribution is 5.93. The number of benzene rings is 1. The highest BCUT2D eigenvalue weighted by Crippen LogP contribution is 2.54. The van der Waals surface area contributed by atoms with E-state index in [1.807, 2.05) is 47.5 Å². The molecule has 1 spiro atoms. The van der Waals surface area contributed by atoms with Crippen molar-refractivity contribution in [1.29, 1.82) is 0 Å². The van der Waals surface area contributed by atoms with Crippen LogP contribution in [0.4, 0.5) is 5.69 Å². The van der Waals surface area contributed by atoms with Crippen LogP contribution in [0.25, 0.3) is 10.9 Å². The second-order valence-electron chi connectivity index (χ2n) is 9.76. The molecule has 3 fully saturated rings. The van der Waals surface area contributed by atoms with E-state index in [4.69, 9.17) is 0 Å². The lowest BCUT2D eigenvalue weighted by Crippen LogP contribution is -2.61. The summed E-state index contributed by atoms with van der Waals surface area (Å²) in [5.74, 6) is -0.968. The Hall–Kier alpha value is -2.71. The Morgan fingerprint density at radius 3 is 2.56 bits per heavy atom. The summed E-state index contributed by atoms with van der Waals surface area (Å²) in [7, 11) is 1.93. The molecular formula is C24H31N5O3. The number of anilines is 1. The maximum absolute atomic E-state index is 13.5. The molecular weight excluding hydrogens is 406 g/mol. The van der Waals surface area contributed by atoms with E-state index in [9.17, 15) is 14.8 Å². The molecule has 0 unspecified atom stereocenters. The van der Waals surface area contributed by atoms with Crippen molar-refractivity contribution in [2.45, 2.75) is 32.2 Å². The van der Waals surface area contributed by atoms with E-state index < -0.39 is 17.9 Å². The van der Waals surface area contributed by atoms with Gasteiger partial charge in [0.2, 0.25) is 11.8 Å². The smallest absolute Gasteiger partial charge is 0.248 e. The first kappa shape index (κ1) is 21.2. The highest BCUT2D eigenvalue weighted by atomic mass is 16.5. The molecule has 5 rings (SSSR count). The molecule has 2 N–H and O–H groups in total. The summed E-state index contributed by atoms with van der Waals surface area (Å²) in [6.07, 6.45) is 2.85. The van der Waals surface area contributed by atoms with Crippen LogP contribution in [0.5, 0.6) is 0 Å². The number of likely N-dealkylation sites (tertiary alicyclic amines) is 1. The maximum atomic E-state index is 13.5. The fourth-order valence-electron chi connectivity index (χ4n) is 5.70. The van der Waals surface area contributed by atoms with Crippen molar-refractivity contribution in [2.24, 2.45) is 11.3 Å². The van der Waals surface area contributed by atoms with Gasteiger partial charge in [0.25, 0.3) is 0 Å². The first-order chi connectivity index (χ1) is 15.4. The molecule has 1 aromatic heterocycles. The van der Waals surface area contributed by atoms with Gasteiger partial charge >= 0.3 is 0 Å². The molecule has 0 radical (unpaired) electrons. The molecule has 8 nitrogen and oxygen atoms in total. The van der Waals surface area contributed by atoms with Gasteiger partial charge in [-0.3, -0.25) is 24.7 Å². The molecule has 8 heteroatoms. The molecule has 2 amide bonds. The SMILES string of the molecule is Cc1cc(N2CCN(C(=O)[C@@H]3[C@@H](C(=O)NO)CC4(CC4)CN3C)CC2)c2ccccc2n1. The number of piperidine rings is 1. The number of nitrogens with zero attached hydrogens (tertiary/aromatic N) is 4. The van der Waals surface area contributed by atoms with Crippen molar-refractivity contribution in [3.63, 3.8) is 0 Å². The topological polar surface area (TPSA) is 89.0 Å². The van der Waals surface area contributed by atoms with Crippen molar-refractivity contribution in [2.75, 3.05) is 44.7 Å². The third kappa shape index (κ3) is 3.71. The number of para-hydroxylation sites is 1. The number of rotatable bonds is 3. The van der Waals surface area contributed by atoms with Gasteiger partial charge in [0.05, 0.1) is 11.4 Å². The molecule has 2 aliphatic heterocycles. The zero-order valence-corrected chi connectivity index (χ0v) is 18.8. The average molecular weight is 438 g/mol. The largest absolute Gasteiger partial charge is 0.367 e. The van der Waals surface area contributed by atoms with E-state index in [-0.39, 0.29) is 11.3 Å². The van der Waals surface area contributed by atoms with Crippen LogP contribution < -0.4 is 10.4 Å². The van der Waals surface area contributed by atoms with Gasteiger partial charge in [-0.2, -0.15) is 0 Å². The van der Waals surface area contributed by atoms with Crippen molar-refractivity contribution in [3.8, 4) is 0 Å². The average Bonchev–Trinajstić information content (AvgIpc) is 3.55. The molecule has 3 aliphatic rings. The highest BCUT2D eigenvalue weighted by Gasteiger charge is 2.55. The zero-order valence-electron chi connectivity index (χ0n) is 18.8. The first-order valence-corrected chi connectivity index (χ1v) is 11.5. The van der Waals surface area contributed by atoms with Gasteiger partial charge in [0.15, 0.2) is 0 Å². The van der Waals surface area contributed by atoms with Gasteiger partial charge in [-0.25, -0.2) is 5.48 Å². The standard InChI is InChI=1S/C24H31N5O3/c1-16-13-20(17-5-3-4-6-19(17)25-16)28-9-11-29(12-10-28)23(31)21-18(22(30)26-32)14-24(7-8-24)15-27(21)2/h3-6,13,18,21,32H,7-12,14-15H2,1-2H3,(H,26,30)/t18-,21-/m0/s1. The fourth-order valence-corrected chi connectivity index (χ4v) is 5.70. The minimum atomic E-state index is -0.524. The monoisotopic (exact) mass is 437 g/mol. The molecule has 2 atom stereocenters. The van der Waals surface area contributed by atoms with Gasteiger partial charge in [-0.1, -0.05) is 18.2 Å². The van der Waals surface area contributed by atoms with Crippen molar-refractivity contribution in [1.82, 2.24) is 20.3 Å². The number of aryl methyl sites for hydroxylation is 1. The van der Waals surface area contributed by atoms with Crippen LogP contribution in [0.2, 0.25) is 0 Å². The molecule has 1 aromatic carbocycles. The van der Waals surface area contributed by atoms with E-state index in [1.165, 1.54) is 0 Å². The number of pyridine rings is 1. The number of aromatic nitrogens is 1. The molecule has 2 aromatic rings. The Morgan fingerprint density at radius 1 is 1.16 bits per heavy atom. The number of amides is 2. The third-order valence-electron chi connectivity index (χ3n) is 7.51. The van der Waals surface area contributed by atoms with Crippen LogP contribution in [0.1, 0.15) is 25.0 Å². The third-order valence-corrected chi connectivity index (χ3v) is 7.51. The molecule has 0 bridgehead atoms. The number of carbonyl (C=O) groups is 2. The number of hydrogen-bond acceptors (Lipinski definition) is 6. The quantitative estimate of drug-likeness (QED) is 0.562. The minimum Gasteiger partial charge on any atom is -0.367 e. The summed E-state index contributed by atoms with van der Waals surface area (Å²) in [6, 6.07) is 9.75. The number of carbonyl (C=O) groups excluding carboxylic acids is 2. The van der Waals surface area contributed by atoms with Crippen LogP contribution in [0, 0.1) is 18.3 Å². The minimum absolute atomic E-state index is 0.00739. The summed E-state index contributed by atoms with van der Waals surface area (Å²) >= 11 is 0. The van der Waals surface area contributed by atoms with Crippen LogP contribution in [-0.2, 0) is 9.59 Å². The molecule has 32 heavy (non-hydrogen) atoms. The molecule has 170 valence electrons. The Kier molecular flexibility index (Phi) is 5.29. The normalized spacial score (nSPS) is 25.2. The summed E-state index contributed by atoms with van der Waals surface area (Å²) in [4.78, 5) is 36.9. The number of nitrogens with one attached hydrogen (secondary N) is 1. The Labute approximate surface area is 188 Å². The van der Waals surface area contributed by atoms with Crippen LogP contribution in [-0.4, -0.2) is 77.6 Å². The summed E-state index contributed by atoms with van der Waals surface area (Å²) in [5.41, 5.74) is 5.07. The zero-order chi connectivity index (χ0) is 22.5. The van der Waals surface area contributed by atoms with Crippen molar-refractivity contribution >= 4 is 28.4 Å². The van der Waals surface area contributed by atoms with E-state index in [0.717, 1.165) is 54.8 Å². The lowest BCUT2D eigenvalue weighted by molar-refractivity contribution is -0.150. The Balaban J connectivity index is 1.32. The number of piperazine rings is 1. The van der Waals surface area contributed by atoms with Crippen molar-refractivity contribution in [3.05, 3.63) is 36.0 Å². The van der Waals surface area contributed by atoms with Crippen LogP contribution in [0.15, 0.2) is 30.3 Å². The van der Waals surface area contributed by atoms with Gasteiger partial charge in [-0.15, -0.1) is 0 Å². The van der Waals surface area contributed by atoms with Crippen LogP contribution >= 0.6 is 0 Å². The summed E-state index contributed by atoms with van der Waals surface area (Å²) in [5, 5.41) is 10.4. The van der Waals surface area contributed by atoms with Gasteiger partial charge in [0, 0.05) is 49.5 Å². The summed E-state index contributed by atoms with van der Waals surface area (Å²) < 4.78 is 0. The van der Waals surface area contributed by atoms with Gasteiger partial charge < -0.3 is 9.80 Å². The Bertz CT molecular complexity index is 1050. The molecule has 1 saturated carbocycles. The number of fused-ring (bicyclic) bond motifs is 1. The fraction of sp³-hybridized carbons (Fsp3) is 0.542. The predicted octanol–water partition coefficient (Wildman–Crippen LogP) is 1.80. The van der Waals surface area contributed by atoms with E-state index in [1.54, 1.807) is 0 Å². The molecule has 1 aliphatic carbocycles.